The first-order valence-corrected chi connectivity index (χ1v) is 19.7. The molecule has 4 heterocycles. The van der Waals surface area contributed by atoms with Gasteiger partial charge < -0.3 is 9.32 Å². The highest BCUT2D eigenvalue weighted by atomic mass is 16.3. The normalized spacial score (nSPS) is 11.7. The van der Waals surface area contributed by atoms with Crippen LogP contribution in [0.2, 0.25) is 0 Å². The number of nitrogens with zero attached hydrogens (tertiary/aromatic N) is 7. The van der Waals surface area contributed by atoms with E-state index in [-0.39, 0.29) is 0 Å². The van der Waals surface area contributed by atoms with Gasteiger partial charge in [0.25, 0.3) is 0 Å². The molecular formula is C52H31N7O. The maximum atomic E-state index is 6.09. The summed E-state index contributed by atoms with van der Waals surface area (Å²) < 4.78 is 6.09. The summed E-state index contributed by atoms with van der Waals surface area (Å²) in [6.45, 7) is 0. The van der Waals surface area contributed by atoms with Crippen molar-refractivity contribution in [1.29, 1.82) is 0 Å². The van der Waals surface area contributed by atoms with Crippen LogP contribution >= 0.6 is 0 Å². The molecule has 0 unspecified atom stereocenters. The Kier molecular flexibility index (Phi) is 7.67. The third-order valence-electron chi connectivity index (χ3n) is 11.3. The SMILES string of the molecule is c1ccc2c(c1)oc1ncnc(-c3ccc(N(c4ccc5cc(-c6ccc7nccnc7c6)ccc5c4)c4ccc5cc(-c6ccc7nccnc7c6)ccc5c4)cc3)c12. The molecule has 8 nitrogen and oxygen atoms in total. The Morgan fingerprint density at radius 3 is 1.47 bits per heavy atom. The molecule has 0 aliphatic rings. The lowest BCUT2D eigenvalue weighted by molar-refractivity contribution is 0.653. The van der Waals surface area contributed by atoms with Crippen LogP contribution in [0.25, 0.3) is 99.2 Å². The second-order valence-corrected chi connectivity index (χ2v) is 14.9. The molecule has 0 spiro atoms. The van der Waals surface area contributed by atoms with Crippen LogP contribution in [0.1, 0.15) is 0 Å². The van der Waals surface area contributed by atoms with E-state index in [0.29, 0.717) is 5.71 Å². The average molecular weight is 770 g/mol. The standard InChI is InChI=1S/C52H31N7O/c1-2-4-49-44(3-1)50-51(57-31-58-52(50)60-49)32-9-15-41(16-10-32)59(42-17-11-35-25-33(5-7-37(35)27-42)39-13-19-45-47(29-39)55-23-21-53-45)43-18-12-36-26-34(6-8-38(36)28-43)40-14-20-46-48(30-40)56-24-22-54-46/h1-31H. The van der Waals surface area contributed by atoms with Gasteiger partial charge in [0.2, 0.25) is 5.71 Å². The first-order valence-electron chi connectivity index (χ1n) is 19.7. The lowest BCUT2D eigenvalue weighted by atomic mass is 9.99. The number of benzene rings is 8. The van der Waals surface area contributed by atoms with Gasteiger partial charge in [0.15, 0.2) is 0 Å². The number of para-hydroxylation sites is 1. The van der Waals surface area contributed by atoms with E-state index in [2.05, 4.69) is 157 Å². The molecule has 0 aliphatic heterocycles. The quantitative estimate of drug-likeness (QED) is 0.165. The molecule has 0 atom stereocenters. The molecule has 12 aromatic rings. The van der Waals surface area contributed by atoms with Gasteiger partial charge in [-0.2, -0.15) is 0 Å². The zero-order valence-corrected chi connectivity index (χ0v) is 31.9. The monoisotopic (exact) mass is 769 g/mol. The minimum Gasteiger partial charge on any atom is -0.438 e. The van der Waals surface area contributed by atoms with Crippen molar-refractivity contribution in [3.63, 3.8) is 0 Å². The Morgan fingerprint density at radius 2 is 0.850 bits per heavy atom. The Bertz CT molecular complexity index is 3480. The van der Waals surface area contributed by atoms with Crippen LogP contribution in [-0.4, -0.2) is 29.9 Å². The molecule has 0 fully saturated rings. The Hall–Kier alpha value is -8.36. The van der Waals surface area contributed by atoms with Crippen LogP contribution in [0.3, 0.4) is 0 Å². The maximum Gasteiger partial charge on any atom is 0.230 e. The van der Waals surface area contributed by atoms with Crippen molar-refractivity contribution < 1.29 is 4.42 Å². The second kappa shape index (κ2) is 13.6. The van der Waals surface area contributed by atoms with E-state index in [9.17, 15) is 0 Å². The van der Waals surface area contributed by atoms with Crippen LogP contribution in [0, 0.1) is 0 Å². The van der Waals surface area contributed by atoms with Crippen molar-refractivity contribution in [1.82, 2.24) is 29.9 Å². The van der Waals surface area contributed by atoms with E-state index in [4.69, 9.17) is 9.40 Å². The number of aromatic nitrogens is 6. The largest absolute Gasteiger partial charge is 0.438 e. The summed E-state index contributed by atoms with van der Waals surface area (Å²) in [5.74, 6) is 0. The lowest BCUT2D eigenvalue weighted by Gasteiger charge is -2.26. The van der Waals surface area contributed by atoms with Gasteiger partial charge in [0, 0.05) is 52.8 Å². The molecule has 0 saturated carbocycles. The molecule has 0 saturated heterocycles. The Morgan fingerprint density at radius 1 is 0.367 bits per heavy atom. The predicted molar refractivity (Wildman–Crippen MR) is 242 cm³/mol. The van der Waals surface area contributed by atoms with E-state index in [1.165, 1.54) is 0 Å². The zero-order chi connectivity index (χ0) is 39.6. The Balaban J connectivity index is 0.955. The van der Waals surface area contributed by atoms with Gasteiger partial charge in [-0.05, 0) is 123 Å². The number of anilines is 3. The molecule has 8 heteroatoms. The molecule has 8 aromatic carbocycles. The van der Waals surface area contributed by atoms with Crippen molar-refractivity contribution >= 4 is 82.7 Å². The molecule has 0 amide bonds. The van der Waals surface area contributed by atoms with E-state index >= 15 is 0 Å². The smallest absolute Gasteiger partial charge is 0.230 e. The van der Waals surface area contributed by atoms with Gasteiger partial charge in [-0.1, -0.05) is 78.9 Å². The van der Waals surface area contributed by atoms with E-state index in [0.717, 1.165) is 111 Å². The fourth-order valence-corrected chi connectivity index (χ4v) is 8.38. The number of fused-ring (bicyclic) bond motifs is 7. The van der Waals surface area contributed by atoms with Gasteiger partial charge in [-0.15, -0.1) is 0 Å². The molecule has 280 valence electrons. The summed E-state index contributed by atoms with van der Waals surface area (Å²) in [5.41, 5.74) is 14.3. The highest BCUT2D eigenvalue weighted by molar-refractivity contribution is 6.10. The highest BCUT2D eigenvalue weighted by Gasteiger charge is 2.18. The van der Waals surface area contributed by atoms with Crippen LogP contribution in [0.5, 0.6) is 0 Å². The van der Waals surface area contributed by atoms with Crippen molar-refractivity contribution in [3.8, 4) is 33.5 Å². The maximum absolute atomic E-state index is 6.09. The topological polar surface area (TPSA) is 93.7 Å². The number of rotatable bonds is 6. The molecule has 0 N–H and O–H groups in total. The summed E-state index contributed by atoms with van der Waals surface area (Å²) in [4.78, 5) is 29.5. The fraction of sp³-hybridized carbons (Fsp3) is 0. The minimum absolute atomic E-state index is 0.578. The molecule has 0 radical (unpaired) electrons. The Labute approximate surface area is 343 Å². The number of furan rings is 1. The van der Waals surface area contributed by atoms with Crippen LogP contribution in [0.15, 0.2) is 193 Å². The zero-order valence-electron chi connectivity index (χ0n) is 31.9. The van der Waals surface area contributed by atoms with E-state index < -0.39 is 0 Å². The molecule has 12 rings (SSSR count). The van der Waals surface area contributed by atoms with E-state index in [1.54, 1.807) is 31.1 Å². The lowest BCUT2D eigenvalue weighted by Crippen LogP contribution is -2.10. The second-order valence-electron chi connectivity index (χ2n) is 14.9. The summed E-state index contributed by atoms with van der Waals surface area (Å²) in [6.07, 6.45) is 8.49. The van der Waals surface area contributed by atoms with Crippen molar-refractivity contribution in [2.45, 2.75) is 0 Å². The van der Waals surface area contributed by atoms with Gasteiger partial charge in [-0.3, -0.25) is 19.9 Å². The van der Waals surface area contributed by atoms with Crippen molar-refractivity contribution in [3.05, 3.63) is 189 Å². The first-order chi connectivity index (χ1) is 29.7. The molecule has 0 bridgehead atoms. The summed E-state index contributed by atoms with van der Waals surface area (Å²) in [6, 6.07) is 55.7. The van der Waals surface area contributed by atoms with Gasteiger partial charge in [0.05, 0.1) is 33.1 Å². The van der Waals surface area contributed by atoms with E-state index in [1.807, 2.05) is 30.3 Å². The summed E-state index contributed by atoms with van der Waals surface area (Å²) in [5, 5.41) is 6.48. The first kappa shape index (κ1) is 33.7. The highest BCUT2D eigenvalue weighted by Crippen LogP contribution is 2.41. The molecule has 0 aliphatic carbocycles. The predicted octanol–water partition coefficient (Wildman–Crippen LogP) is 13.0. The summed E-state index contributed by atoms with van der Waals surface area (Å²) in [7, 11) is 0. The summed E-state index contributed by atoms with van der Waals surface area (Å²) >= 11 is 0. The number of hydrogen-bond donors (Lipinski definition) is 0. The van der Waals surface area contributed by atoms with Crippen LogP contribution < -0.4 is 4.90 Å². The minimum atomic E-state index is 0.578. The fourth-order valence-electron chi connectivity index (χ4n) is 8.38. The van der Waals surface area contributed by atoms with Gasteiger partial charge in [0.1, 0.15) is 11.9 Å². The van der Waals surface area contributed by atoms with Gasteiger partial charge >= 0.3 is 0 Å². The third kappa shape index (κ3) is 5.77. The van der Waals surface area contributed by atoms with Crippen LogP contribution in [0.4, 0.5) is 17.1 Å². The molecule has 4 aromatic heterocycles. The third-order valence-corrected chi connectivity index (χ3v) is 11.3. The van der Waals surface area contributed by atoms with Crippen molar-refractivity contribution in [2.75, 3.05) is 4.90 Å². The molecular weight excluding hydrogens is 739 g/mol. The molecule has 60 heavy (non-hydrogen) atoms. The average Bonchev–Trinajstić information content (AvgIpc) is 3.70. The van der Waals surface area contributed by atoms with Crippen LogP contribution in [-0.2, 0) is 0 Å². The van der Waals surface area contributed by atoms with Gasteiger partial charge in [-0.25, -0.2) is 9.97 Å². The number of hydrogen-bond acceptors (Lipinski definition) is 8. The van der Waals surface area contributed by atoms with Crippen molar-refractivity contribution in [2.24, 2.45) is 0 Å².